The maximum Gasteiger partial charge on any atom is 0.0552 e. The summed E-state index contributed by atoms with van der Waals surface area (Å²) in [7, 11) is 0. The van der Waals surface area contributed by atoms with Gasteiger partial charge < -0.3 is 5.73 Å². The van der Waals surface area contributed by atoms with Gasteiger partial charge in [-0.1, -0.05) is 29.8 Å². The number of nitrogens with zero attached hydrogens (tertiary/aromatic N) is 1. The van der Waals surface area contributed by atoms with E-state index < -0.39 is 0 Å². The highest BCUT2D eigenvalue weighted by atomic mass is 14.7. The lowest BCUT2D eigenvalue weighted by Gasteiger charge is -2.12. The second kappa shape index (κ2) is 4.24. The van der Waals surface area contributed by atoms with Crippen LogP contribution in [0, 0.1) is 6.92 Å². The Morgan fingerprint density at radius 3 is 2.07 bits per heavy atom. The predicted molar refractivity (Wildman–Crippen MR) is 61.4 cm³/mol. The summed E-state index contributed by atoms with van der Waals surface area (Å²) < 4.78 is 0. The van der Waals surface area contributed by atoms with Crippen LogP contribution in [0.3, 0.4) is 0 Å². The molecule has 0 spiro atoms. The summed E-state index contributed by atoms with van der Waals surface area (Å²) in [4.78, 5) is 3.98. The standard InChI is InChI=1S/C13H14N2/c1-10-2-4-11(5-3-10)13(14)12-6-8-15-9-7-12/h2-9,13H,14H2,1H3. The number of hydrogen-bond donors (Lipinski definition) is 1. The first-order valence-corrected chi connectivity index (χ1v) is 4.99. The minimum Gasteiger partial charge on any atom is -0.320 e. The van der Waals surface area contributed by atoms with Crippen LogP contribution in [0.1, 0.15) is 22.7 Å². The molecule has 0 saturated heterocycles. The first-order valence-electron chi connectivity index (χ1n) is 4.99. The molecule has 0 bridgehead atoms. The molecule has 2 rings (SSSR count). The molecule has 76 valence electrons. The van der Waals surface area contributed by atoms with Crippen molar-refractivity contribution in [3.05, 3.63) is 65.5 Å². The van der Waals surface area contributed by atoms with E-state index in [0.717, 1.165) is 11.1 Å². The Hall–Kier alpha value is -1.67. The van der Waals surface area contributed by atoms with Crippen LogP contribution in [0.15, 0.2) is 48.8 Å². The van der Waals surface area contributed by atoms with Gasteiger partial charge in [-0.3, -0.25) is 4.98 Å². The average molecular weight is 198 g/mol. The van der Waals surface area contributed by atoms with Gasteiger partial charge in [0.25, 0.3) is 0 Å². The van der Waals surface area contributed by atoms with E-state index >= 15 is 0 Å². The van der Waals surface area contributed by atoms with Gasteiger partial charge in [-0.05, 0) is 30.2 Å². The molecule has 1 atom stereocenters. The van der Waals surface area contributed by atoms with Crippen LogP contribution in [0.4, 0.5) is 0 Å². The lowest BCUT2D eigenvalue weighted by Crippen LogP contribution is -2.11. The number of aryl methyl sites for hydroxylation is 1. The van der Waals surface area contributed by atoms with Crippen molar-refractivity contribution < 1.29 is 0 Å². The van der Waals surface area contributed by atoms with Crippen molar-refractivity contribution in [1.82, 2.24) is 4.98 Å². The lowest BCUT2D eigenvalue weighted by atomic mass is 10.00. The van der Waals surface area contributed by atoms with Gasteiger partial charge in [-0.25, -0.2) is 0 Å². The summed E-state index contributed by atoms with van der Waals surface area (Å²) in [5.74, 6) is 0. The summed E-state index contributed by atoms with van der Waals surface area (Å²) in [6.45, 7) is 2.07. The highest BCUT2D eigenvalue weighted by molar-refractivity contribution is 5.31. The van der Waals surface area contributed by atoms with Crippen LogP contribution in [0.25, 0.3) is 0 Å². The van der Waals surface area contributed by atoms with E-state index in [1.54, 1.807) is 12.4 Å². The Bertz CT molecular complexity index is 420. The van der Waals surface area contributed by atoms with E-state index in [9.17, 15) is 0 Å². The molecule has 1 aromatic heterocycles. The minimum atomic E-state index is -0.0615. The van der Waals surface area contributed by atoms with E-state index in [2.05, 4.69) is 36.2 Å². The maximum atomic E-state index is 6.14. The SMILES string of the molecule is Cc1ccc(C(N)c2ccncc2)cc1. The van der Waals surface area contributed by atoms with Crippen LogP contribution in [0.2, 0.25) is 0 Å². The molecular weight excluding hydrogens is 184 g/mol. The number of rotatable bonds is 2. The van der Waals surface area contributed by atoms with Crippen LogP contribution >= 0.6 is 0 Å². The number of benzene rings is 1. The Labute approximate surface area is 89.8 Å². The van der Waals surface area contributed by atoms with Gasteiger partial charge in [0.2, 0.25) is 0 Å². The monoisotopic (exact) mass is 198 g/mol. The fraction of sp³-hybridized carbons (Fsp3) is 0.154. The molecule has 1 aromatic carbocycles. The third-order valence-electron chi connectivity index (χ3n) is 2.50. The highest BCUT2D eigenvalue weighted by Crippen LogP contribution is 2.18. The fourth-order valence-electron chi connectivity index (χ4n) is 1.54. The zero-order valence-electron chi connectivity index (χ0n) is 8.72. The van der Waals surface area contributed by atoms with E-state index in [0.29, 0.717) is 0 Å². The Morgan fingerprint density at radius 1 is 0.933 bits per heavy atom. The molecule has 0 aliphatic rings. The number of nitrogens with two attached hydrogens (primary N) is 1. The van der Waals surface area contributed by atoms with E-state index in [1.165, 1.54) is 5.56 Å². The highest BCUT2D eigenvalue weighted by Gasteiger charge is 2.07. The van der Waals surface area contributed by atoms with Crippen molar-refractivity contribution in [2.75, 3.05) is 0 Å². The van der Waals surface area contributed by atoms with E-state index in [4.69, 9.17) is 5.73 Å². The molecule has 2 nitrogen and oxygen atoms in total. The zero-order valence-corrected chi connectivity index (χ0v) is 8.72. The van der Waals surface area contributed by atoms with Crippen LogP contribution in [-0.4, -0.2) is 4.98 Å². The summed E-state index contributed by atoms with van der Waals surface area (Å²) in [5, 5.41) is 0. The van der Waals surface area contributed by atoms with E-state index in [1.807, 2.05) is 12.1 Å². The normalized spacial score (nSPS) is 12.4. The van der Waals surface area contributed by atoms with Gasteiger partial charge >= 0.3 is 0 Å². The molecule has 1 heterocycles. The molecule has 0 amide bonds. The summed E-state index contributed by atoms with van der Waals surface area (Å²) in [5.41, 5.74) is 9.61. The summed E-state index contributed by atoms with van der Waals surface area (Å²) in [6, 6.07) is 12.1. The van der Waals surface area contributed by atoms with Crippen LogP contribution < -0.4 is 5.73 Å². The smallest absolute Gasteiger partial charge is 0.0552 e. The Morgan fingerprint density at radius 2 is 1.47 bits per heavy atom. The molecule has 0 saturated carbocycles. The van der Waals surface area contributed by atoms with Crippen molar-refractivity contribution in [3.8, 4) is 0 Å². The predicted octanol–water partition coefficient (Wildman–Crippen LogP) is 2.44. The topological polar surface area (TPSA) is 38.9 Å². The van der Waals surface area contributed by atoms with Crippen molar-refractivity contribution in [3.63, 3.8) is 0 Å². The van der Waals surface area contributed by atoms with Gasteiger partial charge in [0, 0.05) is 12.4 Å². The quantitative estimate of drug-likeness (QED) is 0.805. The van der Waals surface area contributed by atoms with Crippen molar-refractivity contribution in [1.29, 1.82) is 0 Å². The second-order valence-corrected chi connectivity index (χ2v) is 3.67. The lowest BCUT2D eigenvalue weighted by molar-refractivity contribution is 0.867. The molecule has 1 unspecified atom stereocenters. The summed E-state index contributed by atoms with van der Waals surface area (Å²) in [6.07, 6.45) is 3.53. The van der Waals surface area contributed by atoms with Gasteiger partial charge in [-0.2, -0.15) is 0 Å². The van der Waals surface area contributed by atoms with Crippen molar-refractivity contribution in [2.45, 2.75) is 13.0 Å². The molecule has 2 N–H and O–H groups in total. The maximum absolute atomic E-state index is 6.14. The molecule has 0 aliphatic heterocycles. The summed E-state index contributed by atoms with van der Waals surface area (Å²) >= 11 is 0. The number of aromatic nitrogens is 1. The fourth-order valence-corrected chi connectivity index (χ4v) is 1.54. The minimum absolute atomic E-state index is 0.0615. The van der Waals surface area contributed by atoms with Crippen molar-refractivity contribution in [2.24, 2.45) is 5.73 Å². The van der Waals surface area contributed by atoms with Gasteiger partial charge in [0.05, 0.1) is 6.04 Å². The second-order valence-electron chi connectivity index (χ2n) is 3.67. The molecule has 0 radical (unpaired) electrons. The molecule has 2 aromatic rings. The van der Waals surface area contributed by atoms with Gasteiger partial charge in [0.1, 0.15) is 0 Å². The third-order valence-corrected chi connectivity index (χ3v) is 2.50. The first kappa shape index (κ1) is 9.87. The zero-order chi connectivity index (χ0) is 10.7. The molecule has 0 fully saturated rings. The third kappa shape index (κ3) is 2.22. The first-order chi connectivity index (χ1) is 7.27. The number of hydrogen-bond acceptors (Lipinski definition) is 2. The van der Waals surface area contributed by atoms with Gasteiger partial charge in [0.15, 0.2) is 0 Å². The van der Waals surface area contributed by atoms with Crippen LogP contribution in [0.5, 0.6) is 0 Å². The molecule has 15 heavy (non-hydrogen) atoms. The average Bonchev–Trinajstić information content (AvgIpc) is 2.30. The van der Waals surface area contributed by atoms with Crippen LogP contribution in [-0.2, 0) is 0 Å². The Kier molecular flexibility index (Phi) is 2.79. The molecular formula is C13H14N2. The van der Waals surface area contributed by atoms with E-state index in [-0.39, 0.29) is 6.04 Å². The largest absolute Gasteiger partial charge is 0.320 e. The van der Waals surface area contributed by atoms with Gasteiger partial charge in [-0.15, -0.1) is 0 Å². The van der Waals surface area contributed by atoms with Crippen molar-refractivity contribution >= 4 is 0 Å². The Balaban J connectivity index is 2.29. The molecule has 0 aliphatic carbocycles. The number of pyridine rings is 1. The molecule has 2 heteroatoms.